The van der Waals surface area contributed by atoms with Crippen LogP contribution in [-0.2, 0) is 30.1 Å². The summed E-state index contributed by atoms with van der Waals surface area (Å²) < 4.78 is 58.7. The SMILES string of the molecule is CCC(C)(Oc1ccc(S(=O)(=O)c2ccc(C(C)(C)Cl)cc2)cc1)c1ccc(S(=O)(=O)c2ccc(Cl)cc2)cc1. The summed E-state index contributed by atoms with van der Waals surface area (Å²) in [5, 5.41) is 0.459. The Morgan fingerprint density at radius 1 is 0.600 bits per heavy atom. The van der Waals surface area contributed by atoms with E-state index >= 15 is 0 Å². The fraction of sp³-hybridized carbons (Fsp3) is 0.226. The zero-order valence-electron chi connectivity index (χ0n) is 22.6. The first-order valence-electron chi connectivity index (χ1n) is 12.6. The predicted octanol–water partition coefficient (Wildman–Crippen LogP) is 8.18. The lowest BCUT2D eigenvalue weighted by Gasteiger charge is -2.30. The van der Waals surface area contributed by atoms with Gasteiger partial charge in [0.2, 0.25) is 19.7 Å². The molecular formula is C31H30Cl2O5S2. The zero-order valence-corrected chi connectivity index (χ0v) is 25.7. The number of halogens is 2. The summed E-state index contributed by atoms with van der Waals surface area (Å²) in [6.45, 7) is 7.56. The van der Waals surface area contributed by atoms with Crippen molar-refractivity contribution < 1.29 is 21.6 Å². The molecule has 0 amide bonds. The number of rotatable bonds is 9. The van der Waals surface area contributed by atoms with E-state index in [2.05, 4.69) is 0 Å². The lowest BCUT2D eigenvalue weighted by atomic mass is 9.93. The minimum atomic E-state index is -3.73. The summed E-state index contributed by atoms with van der Waals surface area (Å²) in [4.78, 5) is 0.0474. The second-order valence-corrected chi connectivity index (χ2v) is 15.4. The van der Waals surface area contributed by atoms with Gasteiger partial charge in [0, 0.05) is 5.02 Å². The monoisotopic (exact) mass is 616 g/mol. The first-order valence-corrected chi connectivity index (χ1v) is 16.3. The van der Waals surface area contributed by atoms with Crippen molar-refractivity contribution in [2.75, 3.05) is 0 Å². The largest absolute Gasteiger partial charge is 0.483 e. The van der Waals surface area contributed by atoms with Crippen molar-refractivity contribution in [3.8, 4) is 5.75 Å². The number of alkyl halides is 1. The minimum Gasteiger partial charge on any atom is -0.483 e. The van der Waals surface area contributed by atoms with Crippen LogP contribution in [-0.4, -0.2) is 16.8 Å². The molecule has 0 aliphatic carbocycles. The van der Waals surface area contributed by atoms with Gasteiger partial charge >= 0.3 is 0 Å². The summed E-state index contributed by atoms with van der Waals surface area (Å²) in [6.07, 6.45) is 0.583. The molecule has 4 rings (SSSR count). The van der Waals surface area contributed by atoms with Gasteiger partial charge in [-0.3, -0.25) is 0 Å². The smallest absolute Gasteiger partial charge is 0.206 e. The molecule has 0 aliphatic rings. The molecule has 9 heteroatoms. The van der Waals surface area contributed by atoms with Gasteiger partial charge in [-0.2, -0.15) is 0 Å². The van der Waals surface area contributed by atoms with E-state index in [1.165, 1.54) is 24.3 Å². The third kappa shape index (κ3) is 6.23. The molecule has 0 bridgehead atoms. The quantitative estimate of drug-likeness (QED) is 0.177. The van der Waals surface area contributed by atoms with E-state index < -0.39 is 30.1 Å². The van der Waals surface area contributed by atoms with Gasteiger partial charge in [0.1, 0.15) is 11.4 Å². The Morgan fingerprint density at radius 2 is 0.950 bits per heavy atom. The van der Waals surface area contributed by atoms with E-state index in [1.807, 2.05) is 27.7 Å². The van der Waals surface area contributed by atoms with E-state index in [4.69, 9.17) is 27.9 Å². The molecule has 4 aromatic carbocycles. The highest BCUT2D eigenvalue weighted by molar-refractivity contribution is 7.91. The van der Waals surface area contributed by atoms with Crippen LogP contribution >= 0.6 is 23.2 Å². The third-order valence-electron chi connectivity index (χ3n) is 6.90. The summed E-state index contributed by atoms with van der Waals surface area (Å²) >= 11 is 12.2. The van der Waals surface area contributed by atoms with Crippen LogP contribution in [0.2, 0.25) is 5.02 Å². The van der Waals surface area contributed by atoms with E-state index in [0.717, 1.165) is 11.1 Å². The van der Waals surface area contributed by atoms with Crippen LogP contribution in [0.15, 0.2) is 117 Å². The summed E-state index contributed by atoms with van der Waals surface area (Å²) in [5.41, 5.74) is 0.822. The molecule has 0 aliphatic heterocycles. The molecule has 1 unspecified atom stereocenters. The zero-order chi connectivity index (χ0) is 29.3. The molecule has 4 aromatic rings. The number of benzene rings is 4. The molecule has 0 fully saturated rings. The number of sulfone groups is 2. The molecule has 40 heavy (non-hydrogen) atoms. The van der Waals surface area contributed by atoms with Crippen LogP contribution in [0, 0.1) is 0 Å². The van der Waals surface area contributed by atoms with Gasteiger partial charge in [0.05, 0.1) is 24.5 Å². The lowest BCUT2D eigenvalue weighted by Crippen LogP contribution is -2.28. The van der Waals surface area contributed by atoms with Gasteiger partial charge in [-0.15, -0.1) is 11.6 Å². The van der Waals surface area contributed by atoms with Crippen molar-refractivity contribution >= 4 is 42.9 Å². The van der Waals surface area contributed by atoms with Gasteiger partial charge in [0.15, 0.2) is 0 Å². The molecule has 0 heterocycles. The highest BCUT2D eigenvalue weighted by Crippen LogP contribution is 2.34. The molecule has 0 spiro atoms. The first kappa shape index (κ1) is 30.1. The standard InChI is InChI=1S/C31H30Cl2O5S2/c1-5-31(4,23-8-16-27(17-9-23)39(34,35)28-18-10-24(32)11-19-28)38-25-12-20-29(21-13-25)40(36,37)26-14-6-22(7-15-26)30(2,3)33/h6-21H,5H2,1-4H3. The maximum atomic E-state index is 13.2. The fourth-order valence-corrected chi connectivity index (χ4v) is 6.96. The molecule has 0 aromatic heterocycles. The van der Waals surface area contributed by atoms with E-state index in [9.17, 15) is 16.8 Å². The molecule has 5 nitrogen and oxygen atoms in total. The molecule has 0 saturated heterocycles. The summed E-state index contributed by atoms with van der Waals surface area (Å²) in [5.74, 6) is 0.486. The van der Waals surface area contributed by atoms with Crippen molar-refractivity contribution in [1.82, 2.24) is 0 Å². The average Bonchev–Trinajstić information content (AvgIpc) is 2.93. The Bertz CT molecular complexity index is 1690. The van der Waals surface area contributed by atoms with Gasteiger partial charge in [-0.05, 0) is 111 Å². The van der Waals surface area contributed by atoms with Crippen LogP contribution in [0.5, 0.6) is 5.75 Å². The van der Waals surface area contributed by atoms with Crippen molar-refractivity contribution in [2.24, 2.45) is 0 Å². The van der Waals surface area contributed by atoms with Crippen LogP contribution < -0.4 is 4.74 Å². The van der Waals surface area contributed by atoms with E-state index in [0.29, 0.717) is 17.2 Å². The molecule has 1 atom stereocenters. The van der Waals surface area contributed by atoms with Gasteiger partial charge in [-0.25, -0.2) is 16.8 Å². The Labute approximate surface area is 246 Å². The normalized spacial score (nSPS) is 13.9. The maximum absolute atomic E-state index is 13.2. The number of hydrogen-bond acceptors (Lipinski definition) is 5. The predicted molar refractivity (Wildman–Crippen MR) is 159 cm³/mol. The first-order chi connectivity index (χ1) is 18.7. The van der Waals surface area contributed by atoms with Gasteiger partial charge in [0.25, 0.3) is 0 Å². The Hall–Kier alpha value is -2.84. The Balaban J connectivity index is 1.54. The molecule has 0 N–H and O–H groups in total. The van der Waals surface area contributed by atoms with Gasteiger partial charge < -0.3 is 4.74 Å². The van der Waals surface area contributed by atoms with Crippen LogP contribution in [0.1, 0.15) is 45.2 Å². The second kappa shape index (κ2) is 11.2. The summed E-state index contributed by atoms with van der Waals surface area (Å²) in [6, 6.07) is 25.4. The van der Waals surface area contributed by atoms with Crippen molar-refractivity contribution in [1.29, 1.82) is 0 Å². The minimum absolute atomic E-state index is 0.146. The highest BCUT2D eigenvalue weighted by Gasteiger charge is 2.28. The third-order valence-corrected chi connectivity index (χ3v) is 10.9. The topological polar surface area (TPSA) is 77.5 Å². The molecule has 0 saturated carbocycles. The lowest BCUT2D eigenvalue weighted by molar-refractivity contribution is 0.0825. The van der Waals surface area contributed by atoms with Crippen molar-refractivity contribution in [3.05, 3.63) is 113 Å². The van der Waals surface area contributed by atoms with E-state index in [-0.39, 0.29) is 19.6 Å². The molecule has 0 radical (unpaired) electrons. The second-order valence-electron chi connectivity index (χ2n) is 10.1. The number of hydrogen-bond donors (Lipinski definition) is 0. The van der Waals surface area contributed by atoms with Gasteiger partial charge in [-0.1, -0.05) is 42.8 Å². The Morgan fingerprint density at radius 3 is 1.32 bits per heavy atom. The summed E-state index contributed by atoms with van der Waals surface area (Å²) in [7, 11) is -7.42. The van der Waals surface area contributed by atoms with Crippen LogP contribution in [0.3, 0.4) is 0 Å². The van der Waals surface area contributed by atoms with Crippen molar-refractivity contribution in [2.45, 2.75) is 64.2 Å². The highest BCUT2D eigenvalue weighted by atomic mass is 35.5. The molecule has 210 valence electrons. The maximum Gasteiger partial charge on any atom is 0.206 e. The molecular weight excluding hydrogens is 587 g/mol. The average molecular weight is 618 g/mol. The van der Waals surface area contributed by atoms with Crippen LogP contribution in [0.4, 0.5) is 0 Å². The van der Waals surface area contributed by atoms with E-state index in [1.54, 1.807) is 72.8 Å². The number of ether oxygens (including phenoxy) is 1. The van der Waals surface area contributed by atoms with Crippen molar-refractivity contribution in [3.63, 3.8) is 0 Å². The Kier molecular flexibility index (Phi) is 8.44. The van der Waals surface area contributed by atoms with Crippen LogP contribution in [0.25, 0.3) is 0 Å². The fourth-order valence-electron chi connectivity index (χ4n) is 4.19.